The fraction of sp³-hybridized carbons (Fsp3) is 0.800. The number of nitrogens with two attached hydrogens (primary N) is 1. The van der Waals surface area contributed by atoms with E-state index in [9.17, 15) is 9.59 Å². The average molecular weight is 232 g/mol. The lowest BCUT2D eigenvalue weighted by Crippen LogP contribution is -2.46. The number of aliphatic carboxylic acids is 1. The molecular weight excluding hydrogens is 212 g/mol. The van der Waals surface area contributed by atoms with Crippen molar-refractivity contribution in [2.45, 2.75) is 38.3 Å². The number of amides is 1. The van der Waals surface area contributed by atoms with Crippen molar-refractivity contribution in [1.29, 1.82) is 0 Å². The fourth-order valence-corrected chi connectivity index (χ4v) is 1.32. The number of hydrogen-bond donors (Lipinski definition) is 3. The topological polar surface area (TPSA) is 102 Å². The first-order valence-electron chi connectivity index (χ1n) is 5.06. The summed E-state index contributed by atoms with van der Waals surface area (Å²) < 4.78 is 4.96. The predicted octanol–water partition coefficient (Wildman–Crippen LogP) is -0.280. The molecule has 0 aliphatic rings. The number of methoxy groups -OCH3 is 1. The molecule has 0 radical (unpaired) electrons. The molecule has 0 heterocycles. The monoisotopic (exact) mass is 232 g/mol. The van der Waals surface area contributed by atoms with Crippen molar-refractivity contribution in [2.24, 2.45) is 5.73 Å². The molecule has 0 aromatic heterocycles. The van der Waals surface area contributed by atoms with Crippen LogP contribution in [0.5, 0.6) is 0 Å². The summed E-state index contributed by atoms with van der Waals surface area (Å²) in [6.45, 7) is 3.57. The molecule has 0 saturated heterocycles. The molecule has 0 spiro atoms. The van der Waals surface area contributed by atoms with Crippen molar-refractivity contribution in [1.82, 2.24) is 5.32 Å². The van der Waals surface area contributed by atoms with Gasteiger partial charge in [-0.25, -0.2) is 0 Å². The number of carboxylic acids is 1. The molecule has 0 aromatic carbocycles. The van der Waals surface area contributed by atoms with E-state index >= 15 is 0 Å². The van der Waals surface area contributed by atoms with Crippen LogP contribution in [0.25, 0.3) is 0 Å². The van der Waals surface area contributed by atoms with Gasteiger partial charge in [0, 0.05) is 19.2 Å². The normalized spacial score (nSPS) is 13.2. The van der Waals surface area contributed by atoms with Gasteiger partial charge in [0.05, 0.1) is 18.9 Å². The van der Waals surface area contributed by atoms with Crippen LogP contribution in [-0.2, 0) is 14.3 Å². The Morgan fingerprint density at radius 1 is 1.50 bits per heavy atom. The summed E-state index contributed by atoms with van der Waals surface area (Å²) in [5.74, 6) is -1.21. The van der Waals surface area contributed by atoms with Crippen LogP contribution in [0.1, 0.15) is 26.7 Å². The van der Waals surface area contributed by atoms with Gasteiger partial charge in [-0.2, -0.15) is 0 Å². The molecule has 0 saturated carbocycles. The Balaban J connectivity index is 4.17. The second-order valence-corrected chi connectivity index (χ2v) is 4.30. The summed E-state index contributed by atoms with van der Waals surface area (Å²) in [6, 6.07) is 0. The van der Waals surface area contributed by atoms with Crippen molar-refractivity contribution in [3.05, 3.63) is 0 Å². The number of carbonyl (C=O) groups is 2. The fourth-order valence-electron chi connectivity index (χ4n) is 1.32. The Bertz CT molecular complexity index is 249. The van der Waals surface area contributed by atoms with E-state index in [1.807, 2.05) is 0 Å². The lowest BCUT2D eigenvalue weighted by atomic mass is 10.0. The molecule has 16 heavy (non-hydrogen) atoms. The highest BCUT2D eigenvalue weighted by Gasteiger charge is 2.24. The number of rotatable bonds is 7. The molecule has 1 atom stereocenters. The largest absolute Gasteiger partial charge is 0.481 e. The number of nitrogens with one attached hydrogen (secondary N) is 1. The van der Waals surface area contributed by atoms with Crippen LogP contribution in [0.15, 0.2) is 0 Å². The maximum atomic E-state index is 11.5. The Kier molecular flexibility index (Phi) is 5.98. The maximum Gasteiger partial charge on any atom is 0.305 e. The molecule has 0 aliphatic heterocycles. The van der Waals surface area contributed by atoms with E-state index in [1.54, 1.807) is 13.8 Å². The number of hydrogen-bond acceptors (Lipinski definition) is 4. The van der Waals surface area contributed by atoms with Gasteiger partial charge < -0.3 is 20.9 Å². The third-order valence-electron chi connectivity index (χ3n) is 2.08. The molecular formula is C10H20N2O4. The Morgan fingerprint density at radius 3 is 2.44 bits per heavy atom. The van der Waals surface area contributed by atoms with Gasteiger partial charge in [-0.15, -0.1) is 0 Å². The van der Waals surface area contributed by atoms with Crippen LogP contribution in [-0.4, -0.2) is 42.3 Å². The number of carboxylic acid groups (broad SMARTS) is 1. The first-order valence-corrected chi connectivity index (χ1v) is 5.06. The highest BCUT2D eigenvalue weighted by atomic mass is 16.5. The summed E-state index contributed by atoms with van der Waals surface area (Å²) in [6.07, 6.45) is -0.324. The van der Waals surface area contributed by atoms with E-state index in [1.165, 1.54) is 7.11 Å². The van der Waals surface area contributed by atoms with Crippen molar-refractivity contribution in [3.8, 4) is 0 Å². The lowest BCUT2D eigenvalue weighted by molar-refractivity contribution is -0.138. The highest BCUT2D eigenvalue weighted by Crippen LogP contribution is 2.09. The molecule has 0 aromatic rings. The average Bonchev–Trinajstić information content (AvgIpc) is 2.10. The zero-order valence-corrected chi connectivity index (χ0v) is 9.95. The molecule has 0 rings (SSSR count). The van der Waals surface area contributed by atoms with Gasteiger partial charge in [-0.1, -0.05) is 0 Å². The minimum Gasteiger partial charge on any atom is -0.481 e. The van der Waals surface area contributed by atoms with Crippen LogP contribution < -0.4 is 11.1 Å². The summed E-state index contributed by atoms with van der Waals surface area (Å²) in [5.41, 5.74) is 4.61. The molecule has 0 fully saturated rings. The van der Waals surface area contributed by atoms with E-state index in [2.05, 4.69) is 5.32 Å². The second-order valence-electron chi connectivity index (χ2n) is 4.30. The quantitative estimate of drug-likeness (QED) is 0.560. The molecule has 6 nitrogen and oxygen atoms in total. The summed E-state index contributed by atoms with van der Waals surface area (Å²) in [7, 11) is 1.48. The zero-order valence-electron chi connectivity index (χ0n) is 9.95. The van der Waals surface area contributed by atoms with Gasteiger partial charge in [0.15, 0.2) is 0 Å². The predicted molar refractivity (Wildman–Crippen MR) is 58.9 cm³/mol. The van der Waals surface area contributed by atoms with Gasteiger partial charge in [-0.3, -0.25) is 9.59 Å². The third kappa shape index (κ3) is 6.36. The second kappa shape index (κ2) is 6.44. The summed E-state index contributed by atoms with van der Waals surface area (Å²) in [4.78, 5) is 22.1. The Morgan fingerprint density at radius 2 is 2.06 bits per heavy atom. The Labute approximate surface area is 95.1 Å². The van der Waals surface area contributed by atoms with Gasteiger partial charge in [0.2, 0.25) is 5.91 Å². The van der Waals surface area contributed by atoms with Crippen molar-refractivity contribution in [3.63, 3.8) is 0 Å². The van der Waals surface area contributed by atoms with Gasteiger partial charge in [0.1, 0.15) is 0 Å². The first-order chi connectivity index (χ1) is 7.30. The van der Waals surface area contributed by atoms with Crippen molar-refractivity contribution >= 4 is 11.9 Å². The number of ether oxygens (including phenoxy) is 1. The minimum atomic E-state index is -0.951. The zero-order chi connectivity index (χ0) is 12.8. The molecule has 1 unspecified atom stereocenters. The number of carbonyl (C=O) groups excluding carboxylic acids is 1. The van der Waals surface area contributed by atoms with E-state index in [4.69, 9.17) is 15.6 Å². The van der Waals surface area contributed by atoms with Crippen LogP contribution >= 0.6 is 0 Å². The Hall–Kier alpha value is -1.14. The molecule has 6 heteroatoms. The van der Waals surface area contributed by atoms with Gasteiger partial charge >= 0.3 is 5.97 Å². The van der Waals surface area contributed by atoms with Gasteiger partial charge in [0.25, 0.3) is 0 Å². The molecule has 0 aliphatic carbocycles. The van der Waals surface area contributed by atoms with Crippen LogP contribution in [0, 0.1) is 0 Å². The summed E-state index contributed by atoms with van der Waals surface area (Å²) >= 11 is 0. The smallest absolute Gasteiger partial charge is 0.305 e. The van der Waals surface area contributed by atoms with E-state index < -0.39 is 11.5 Å². The lowest BCUT2D eigenvalue weighted by Gasteiger charge is -2.25. The van der Waals surface area contributed by atoms with E-state index in [0.29, 0.717) is 0 Å². The van der Waals surface area contributed by atoms with Crippen molar-refractivity contribution < 1.29 is 19.4 Å². The summed E-state index contributed by atoms with van der Waals surface area (Å²) in [5, 5.41) is 11.3. The standard InChI is InChI=1S/C10H20N2O4/c1-10(2,5-9(14)15)12-8(13)4-7(6-11)16-3/h7H,4-6,11H2,1-3H3,(H,12,13)(H,14,15). The molecule has 0 bridgehead atoms. The maximum absolute atomic E-state index is 11.5. The van der Waals surface area contributed by atoms with Gasteiger partial charge in [-0.05, 0) is 13.8 Å². The first kappa shape index (κ1) is 14.9. The molecule has 1 amide bonds. The van der Waals surface area contributed by atoms with Crippen LogP contribution in [0.4, 0.5) is 0 Å². The van der Waals surface area contributed by atoms with Crippen molar-refractivity contribution in [2.75, 3.05) is 13.7 Å². The van der Waals surface area contributed by atoms with E-state index in [0.717, 1.165) is 0 Å². The minimum absolute atomic E-state index is 0.126. The third-order valence-corrected chi connectivity index (χ3v) is 2.08. The molecule has 94 valence electrons. The molecule has 4 N–H and O–H groups in total. The van der Waals surface area contributed by atoms with E-state index in [-0.39, 0.29) is 31.4 Å². The highest BCUT2D eigenvalue weighted by molar-refractivity contribution is 5.78. The van der Waals surface area contributed by atoms with Crippen LogP contribution in [0.3, 0.4) is 0 Å². The SMILES string of the molecule is COC(CN)CC(=O)NC(C)(C)CC(=O)O. The van der Waals surface area contributed by atoms with Crippen LogP contribution in [0.2, 0.25) is 0 Å².